The lowest BCUT2D eigenvalue weighted by molar-refractivity contribution is 0.0697. The molecule has 90 valence electrons. The summed E-state index contributed by atoms with van der Waals surface area (Å²) < 4.78 is 0.866. The van der Waals surface area contributed by atoms with E-state index in [9.17, 15) is 4.79 Å². The number of nitrogens with one attached hydrogen (secondary N) is 1. The SMILES string of the molecule is Cc1[nH]ncc1-c1nc2ccc(C(=O)O)cc2s1. The zero-order chi connectivity index (χ0) is 12.7. The molecule has 2 N–H and O–H groups in total. The van der Waals surface area contributed by atoms with E-state index in [1.807, 2.05) is 6.92 Å². The van der Waals surface area contributed by atoms with Crippen LogP contribution in [0.25, 0.3) is 20.8 Å². The first-order chi connectivity index (χ1) is 8.65. The number of thiazole rings is 1. The third-order valence-corrected chi connectivity index (χ3v) is 3.75. The highest BCUT2D eigenvalue weighted by molar-refractivity contribution is 7.21. The van der Waals surface area contributed by atoms with Gasteiger partial charge in [0.1, 0.15) is 5.01 Å². The van der Waals surface area contributed by atoms with Gasteiger partial charge in [-0.15, -0.1) is 11.3 Å². The zero-order valence-corrected chi connectivity index (χ0v) is 10.3. The summed E-state index contributed by atoms with van der Waals surface area (Å²) >= 11 is 1.47. The van der Waals surface area contributed by atoms with Crippen LogP contribution in [-0.2, 0) is 0 Å². The van der Waals surface area contributed by atoms with Gasteiger partial charge in [-0.25, -0.2) is 9.78 Å². The lowest BCUT2D eigenvalue weighted by atomic mass is 10.2. The lowest BCUT2D eigenvalue weighted by Crippen LogP contribution is -1.94. The highest BCUT2D eigenvalue weighted by Gasteiger charge is 2.11. The number of benzene rings is 1. The highest BCUT2D eigenvalue weighted by atomic mass is 32.1. The molecule has 0 atom stereocenters. The Morgan fingerprint density at radius 3 is 2.94 bits per heavy atom. The number of aromatic amines is 1. The van der Waals surface area contributed by atoms with Crippen molar-refractivity contribution >= 4 is 27.5 Å². The molecule has 0 saturated heterocycles. The molecule has 0 amide bonds. The number of H-pyrrole nitrogens is 1. The number of nitrogens with zero attached hydrogens (tertiary/aromatic N) is 2. The molecular formula is C12H9N3O2S. The normalized spacial score (nSPS) is 10.9. The Bertz CT molecular complexity index is 745. The Kier molecular flexibility index (Phi) is 2.38. The molecule has 1 aromatic carbocycles. The first-order valence-corrected chi connectivity index (χ1v) is 6.11. The predicted molar refractivity (Wildman–Crippen MR) is 68.9 cm³/mol. The Balaban J connectivity index is 2.17. The molecule has 0 aliphatic heterocycles. The zero-order valence-electron chi connectivity index (χ0n) is 9.47. The van der Waals surface area contributed by atoms with E-state index in [1.54, 1.807) is 24.4 Å². The standard InChI is InChI=1S/C12H9N3O2S/c1-6-8(5-13-15-6)11-14-9-3-2-7(12(16)17)4-10(9)18-11/h2-5H,1H3,(H,13,15)(H,16,17). The van der Waals surface area contributed by atoms with Gasteiger partial charge >= 0.3 is 5.97 Å². The number of carboxylic acid groups (broad SMARTS) is 1. The molecule has 3 aromatic rings. The van der Waals surface area contributed by atoms with Crippen LogP contribution >= 0.6 is 11.3 Å². The Hall–Kier alpha value is -2.21. The summed E-state index contributed by atoms with van der Waals surface area (Å²) in [5.41, 5.74) is 2.99. The lowest BCUT2D eigenvalue weighted by Gasteiger charge is -1.91. The smallest absolute Gasteiger partial charge is 0.335 e. The van der Waals surface area contributed by atoms with E-state index in [1.165, 1.54) is 11.3 Å². The molecule has 0 aliphatic rings. The number of aromatic carboxylic acids is 1. The molecule has 0 spiro atoms. The minimum absolute atomic E-state index is 0.279. The fraction of sp³-hybridized carbons (Fsp3) is 0.0833. The molecule has 5 nitrogen and oxygen atoms in total. The van der Waals surface area contributed by atoms with Crippen molar-refractivity contribution in [2.24, 2.45) is 0 Å². The second-order valence-electron chi connectivity index (χ2n) is 3.92. The number of carbonyl (C=O) groups is 1. The summed E-state index contributed by atoms with van der Waals surface area (Å²) in [4.78, 5) is 15.4. The van der Waals surface area contributed by atoms with Gasteiger partial charge in [0.05, 0.1) is 27.5 Å². The molecule has 0 radical (unpaired) electrons. The molecule has 6 heteroatoms. The Morgan fingerprint density at radius 2 is 2.28 bits per heavy atom. The summed E-state index contributed by atoms with van der Waals surface area (Å²) in [5.74, 6) is -0.925. The van der Waals surface area contributed by atoms with Gasteiger partial charge in [-0.2, -0.15) is 5.10 Å². The monoisotopic (exact) mass is 259 g/mol. The third-order valence-electron chi connectivity index (χ3n) is 2.70. The predicted octanol–water partition coefficient (Wildman–Crippen LogP) is 2.69. The number of rotatable bonds is 2. The van der Waals surface area contributed by atoms with E-state index in [-0.39, 0.29) is 5.56 Å². The van der Waals surface area contributed by atoms with Crippen LogP contribution in [0.15, 0.2) is 24.4 Å². The fourth-order valence-corrected chi connectivity index (χ4v) is 2.81. The fourth-order valence-electron chi connectivity index (χ4n) is 1.74. The first-order valence-electron chi connectivity index (χ1n) is 5.29. The average Bonchev–Trinajstić information content (AvgIpc) is 2.92. The minimum atomic E-state index is -0.925. The number of aryl methyl sites for hydroxylation is 1. The average molecular weight is 259 g/mol. The minimum Gasteiger partial charge on any atom is -0.478 e. The van der Waals surface area contributed by atoms with Gasteiger partial charge in [0.25, 0.3) is 0 Å². The number of hydrogen-bond acceptors (Lipinski definition) is 4. The summed E-state index contributed by atoms with van der Waals surface area (Å²) in [6.07, 6.45) is 1.73. The molecule has 0 aliphatic carbocycles. The van der Waals surface area contributed by atoms with Crippen LogP contribution in [0.3, 0.4) is 0 Å². The second kappa shape index (κ2) is 3.92. The van der Waals surface area contributed by atoms with Crippen molar-refractivity contribution < 1.29 is 9.90 Å². The molecule has 0 saturated carbocycles. The number of hydrogen-bond donors (Lipinski definition) is 2. The van der Waals surface area contributed by atoms with Crippen molar-refractivity contribution in [2.75, 3.05) is 0 Å². The van der Waals surface area contributed by atoms with Crippen LogP contribution in [0.5, 0.6) is 0 Å². The van der Waals surface area contributed by atoms with Crippen molar-refractivity contribution in [1.29, 1.82) is 0 Å². The van der Waals surface area contributed by atoms with Crippen LogP contribution in [0.1, 0.15) is 16.1 Å². The van der Waals surface area contributed by atoms with Crippen LogP contribution < -0.4 is 0 Å². The maximum Gasteiger partial charge on any atom is 0.335 e. The van der Waals surface area contributed by atoms with Gasteiger partial charge in [0, 0.05) is 5.69 Å². The van der Waals surface area contributed by atoms with E-state index in [0.29, 0.717) is 0 Å². The van der Waals surface area contributed by atoms with Crippen LogP contribution in [0, 0.1) is 6.92 Å². The van der Waals surface area contributed by atoms with E-state index in [0.717, 1.165) is 26.5 Å². The largest absolute Gasteiger partial charge is 0.478 e. The van der Waals surface area contributed by atoms with Crippen molar-refractivity contribution in [3.8, 4) is 10.6 Å². The number of carboxylic acids is 1. The van der Waals surface area contributed by atoms with Gasteiger partial charge in [0.15, 0.2) is 0 Å². The quantitative estimate of drug-likeness (QED) is 0.741. The van der Waals surface area contributed by atoms with Crippen LogP contribution in [-0.4, -0.2) is 26.3 Å². The molecule has 0 unspecified atom stereocenters. The van der Waals surface area contributed by atoms with Gasteiger partial charge in [-0.1, -0.05) is 0 Å². The van der Waals surface area contributed by atoms with Crippen molar-refractivity contribution in [2.45, 2.75) is 6.92 Å². The molecule has 2 aromatic heterocycles. The molecule has 0 fully saturated rings. The molecule has 18 heavy (non-hydrogen) atoms. The number of aromatic nitrogens is 3. The van der Waals surface area contributed by atoms with Crippen LogP contribution in [0.2, 0.25) is 0 Å². The highest BCUT2D eigenvalue weighted by Crippen LogP contribution is 2.31. The van der Waals surface area contributed by atoms with Gasteiger partial charge in [-0.05, 0) is 25.1 Å². The molecule has 2 heterocycles. The van der Waals surface area contributed by atoms with Crippen LogP contribution in [0.4, 0.5) is 0 Å². The van der Waals surface area contributed by atoms with E-state index in [4.69, 9.17) is 5.11 Å². The summed E-state index contributed by atoms with van der Waals surface area (Å²) in [5, 5.41) is 16.6. The second-order valence-corrected chi connectivity index (χ2v) is 4.95. The third kappa shape index (κ3) is 1.67. The van der Waals surface area contributed by atoms with Crippen molar-refractivity contribution in [1.82, 2.24) is 15.2 Å². The molecule has 3 rings (SSSR count). The summed E-state index contributed by atoms with van der Waals surface area (Å²) in [6.45, 7) is 1.93. The van der Waals surface area contributed by atoms with Gasteiger partial charge in [-0.3, -0.25) is 5.10 Å². The summed E-state index contributed by atoms with van der Waals surface area (Å²) in [7, 11) is 0. The van der Waals surface area contributed by atoms with Gasteiger partial charge < -0.3 is 5.11 Å². The maximum atomic E-state index is 10.9. The van der Waals surface area contributed by atoms with E-state index >= 15 is 0 Å². The molecule has 0 bridgehead atoms. The van der Waals surface area contributed by atoms with E-state index < -0.39 is 5.97 Å². The van der Waals surface area contributed by atoms with Gasteiger partial charge in [0.2, 0.25) is 0 Å². The van der Waals surface area contributed by atoms with Crippen molar-refractivity contribution in [3.05, 3.63) is 35.7 Å². The number of fused-ring (bicyclic) bond motifs is 1. The van der Waals surface area contributed by atoms with Crippen molar-refractivity contribution in [3.63, 3.8) is 0 Å². The summed E-state index contributed by atoms with van der Waals surface area (Å²) in [6, 6.07) is 4.94. The molecular weight excluding hydrogens is 250 g/mol. The topological polar surface area (TPSA) is 78.9 Å². The Labute approximate surface area is 106 Å². The maximum absolute atomic E-state index is 10.9. The Morgan fingerprint density at radius 1 is 1.44 bits per heavy atom. The first kappa shape index (κ1) is 10.9. The van der Waals surface area contributed by atoms with E-state index in [2.05, 4.69) is 15.2 Å².